The summed E-state index contributed by atoms with van der Waals surface area (Å²) in [4.78, 5) is 5.59. The van der Waals surface area contributed by atoms with Crippen molar-refractivity contribution in [3.63, 3.8) is 0 Å². The van der Waals surface area contributed by atoms with Crippen LogP contribution in [0.25, 0.3) is 22.2 Å². The number of fused-ring (bicyclic) bond motifs is 1. The van der Waals surface area contributed by atoms with Gasteiger partial charge in [0.05, 0.1) is 0 Å². The molecule has 2 nitrogen and oxygen atoms in total. The molecule has 0 saturated carbocycles. The Morgan fingerprint density at radius 2 is 1.90 bits per heavy atom. The number of halogens is 1. The van der Waals surface area contributed by atoms with Gasteiger partial charge in [0.15, 0.2) is 5.58 Å². The van der Waals surface area contributed by atoms with Gasteiger partial charge in [-0.3, -0.25) is 0 Å². The first-order valence-electron chi connectivity index (χ1n) is 6.13. The average Bonchev–Trinajstić information content (AvgIpc) is 2.92. The predicted molar refractivity (Wildman–Crippen MR) is 86.0 cm³/mol. The monoisotopic (exact) mass is 301 g/mol. The predicted octanol–water partition coefficient (Wildman–Crippen LogP) is 5.29. The molecular weight excluding hydrogens is 290 g/mol. The fourth-order valence-corrected chi connectivity index (χ4v) is 2.50. The second-order valence-corrected chi connectivity index (χ2v) is 5.54. The van der Waals surface area contributed by atoms with Crippen molar-refractivity contribution in [1.29, 1.82) is 0 Å². The summed E-state index contributed by atoms with van der Waals surface area (Å²) >= 11 is 8.00. The lowest BCUT2D eigenvalue weighted by molar-refractivity contribution is 0.588. The number of para-hydroxylation sites is 2. The molecule has 0 unspecified atom stereocenters. The smallest absolute Gasteiger partial charge is 0.238 e. The molecule has 0 aliphatic carbocycles. The lowest BCUT2D eigenvalue weighted by Gasteiger charge is -1.98. The minimum atomic E-state index is 0.446. The van der Waals surface area contributed by atoms with E-state index in [4.69, 9.17) is 16.0 Å². The minimum absolute atomic E-state index is 0.446. The highest BCUT2D eigenvalue weighted by Crippen LogP contribution is 2.26. The standard InChI is InChI=1S/C16H12ClNOS/c1-20-12-8-6-11(7-9-12)10-13(17)16-18-14-4-2-3-5-15(14)19-16/h2-10H,1H3/b13-10-. The molecule has 0 N–H and O–H groups in total. The summed E-state index contributed by atoms with van der Waals surface area (Å²) in [6.45, 7) is 0. The van der Waals surface area contributed by atoms with Crippen LogP contribution in [0.3, 0.4) is 0 Å². The molecule has 0 fully saturated rings. The first kappa shape index (κ1) is 13.3. The highest BCUT2D eigenvalue weighted by molar-refractivity contribution is 7.98. The van der Waals surface area contributed by atoms with E-state index < -0.39 is 0 Å². The van der Waals surface area contributed by atoms with Crippen LogP contribution in [0.15, 0.2) is 57.8 Å². The summed E-state index contributed by atoms with van der Waals surface area (Å²) in [5.41, 5.74) is 2.58. The molecule has 3 aromatic rings. The van der Waals surface area contributed by atoms with Crippen molar-refractivity contribution in [3.8, 4) is 0 Å². The molecule has 100 valence electrons. The van der Waals surface area contributed by atoms with Crippen LogP contribution in [-0.2, 0) is 0 Å². The zero-order valence-corrected chi connectivity index (χ0v) is 12.4. The molecule has 1 aromatic heterocycles. The first-order valence-corrected chi connectivity index (χ1v) is 7.74. The van der Waals surface area contributed by atoms with Crippen LogP contribution >= 0.6 is 23.4 Å². The van der Waals surface area contributed by atoms with Gasteiger partial charge in [0, 0.05) is 4.90 Å². The summed E-state index contributed by atoms with van der Waals surface area (Å²) in [6.07, 6.45) is 3.91. The maximum absolute atomic E-state index is 6.29. The number of nitrogens with zero attached hydrogens (tertiary/aromatic N) is 1. The van der Waals surface area contributed by atoms with E-state index >= 15 is 0 Å². The second-order valence-electron chi connectivity index (χ2n) is 4.25. The molecule has 0 saturated heterocycles. The van der Waals surface area contributed by atoms with Crippen molar-refractivity contribution in [3.05, 3.63) is 60.0 Å². The molecule has 3 rings (SSSR count). The van der Waals surface area contributed by atoms with Gasteiger partial charge in [-0.15, -0.1) is 11.8 Å². The Kier molecular flexibility index (Phi) is 3.81. The number of benzene rings is 2. The van der Waals surface area contributed by atoms with E-state index in [1.165, 1.54) is 4.90 Å². The van der Waals surface area contributed by atoms with Crippen molar-refractivity contribution < 1.29 is 4.42 Å². The number of hydrogen-bond donors (Lipinski definition) is 0. The zero-order chi connectivity index (χ0) is 13.9. The largest absolute Gasteiger partial charge is 0.435 e. The van der Waals surface area contributed by atoms with Crippen LogP contribution in [0.4, 0.5) is 0 Å². The van der Waals surface area contributed by atoms with Crippen LogP contribution < -0.4 is 0 Å². The van der Waals surface area contributed by atoms with Crippen LogP contribution in [0.2, 0.25) is 0 Å². The van der Waals surface area contributed by atoms with Crippen LogP contribution in [-0.4, -0.2) is 11.2 Å². The third-order valence-electron chi connectivity index (χ3n) is 2.91. The molecule has 0 spiro atoms. The average molecular weight is 302 g/mol. The van der Waals surface area contributed by atoms with Crippen molar-refractivity contribution >= 4 is 45.6 Å². The molecule has 2 aromatic carbocycles. The summed E-state index contributed by atoms with van der Waals surface area (Å²) in [5, 5.41) is 0.498. The Balaban J connectivity index is 1.93. The number of thioether (sulfide) groups is 1. The van der Waals surface area contributed by atoms with E-state index in [0.717, 1.165) is 16.7 Å². The molecule has 0 radical (unpaired) electrons. The molecule has 1 heterocycles. The highest BCUT2D eigenvalue weighted by atomic mass is 35.5. The molecule has 20 heavy (non-hydrogen) atoms. The Bertz CT molecular complexity index is 729. The number of hydrogen-bond acceptors (Lipinski definition) is 3. The summed E-state index contributed by atoms with van der Waals surface area (Å²) in [5.74, 6) is 0.446. The third-order valence-corrected chi connectivity index (χ3v) is 3.92. The molecule has 0 bridgehead atoms. The van der Waals surface area contributed by atoms with Gasteiger partial charge >= 0.3 is 0 Å². The second kappa shape index (κ2) is 5.73. The summed E-state index contributed by atoms with van der Waals surface area (Å²) in [6, 6.07) is 15.8. The van der Waals surface area contributed by atoms with Crippen molar-refractivity contribution in [1.82, 2.24) is 4.98 Å². The van der Waals surface area contributed by atoms with E-state index in [1.54, 1.807) is 11.8 Å². The van der Waals surface area contributed by atoms with Crippen molar-refractivity contribution in [2.75, 3.05) is 6.26 Å². The summed E-state index contributed by atoms with van der Waals surface area (Å²) in [7, 11) is 0. The molecule has 0 aliphatic heterocycles. The van der Waals surface area contributed by atoms with Crippen molar-refractivity contribution in [2.24, 2.45) is 0 Å². The van der Waals surface area contributed by atoms with Crippen LogP contribution in [0.1, 0.15) is 11.5 Å². The number of rotatable bonds is 3. The topological polar surface area (TPSA) is 26.0 Å². The van der Waals surface area contributed by atoms with E-state index in [-0.39, 0.29) is 0 Å². The highest BCUT2D eigenvalue weighted by Gasteiger charge is 2.08. The van der Waals surface area contributed by atoms with Gasteiger partial charge in [0.1, 0.15) is 10.5 Å². The maximum Gasteiger partial charge on any atom is 0.238 e. The quantitative estimate of drug-likeness (QED) is 0.615. The van der Waals surface area contributed by atoms with Gasteiger partial charge < -0.3 is 4.42 Å². The van der Waals surface area contributed by atoms with E-state index in [2.05, 4.69) is 23.4 Å². The van der Waals surface area contributed by atoms with Crippen LogP contribution in [0.5, 0.6) is 0 Å². The zero-order valence-electron chi connectivity index (χ0n) is 10.8. The molecule has 0 aliphatic rings. The lowest BCUT2D eigenvalue weighted by atomic mass is 10.2. The van der Waals surface area contributed by atoms with E-state index in [1.807, 2.05) is 42.5 Å². The Morgan fingerprint density at radius 1 is 1.15 bits per heavy atom. The Morgan fingerprint density at radius 3 is 2.60 bits per heavy atom. The van der Waals surface area contributed by atoms with Gasteiger partial charge in [-0.05, 0) is 42.2 Å². The fourth-order valence-electron chi connectivity index (χ4n) is 1.88. The van der Waals surface area contributed by atoms with Gasteiger partial charge in [0.25, 0.3) is 0 Å². The minimum Gasteiger partial charge on any atom is -0.435 e. The van der Waals surface area contributed by atoms with Crippen molar-refractivity contribution in [2.45, 2.75) is 4.90 Å². The van der Waals surface area contributed by atoms with E-state index in [9.17, 15) is 0 Å². The molecular formula is C16H12ClNOS. The SMILES string of the molecule is CSc1ccc(/C=C(\Cl)c2nc3ccccc3o2)cc1. The fraction of sp³-hybridized carbons (Fsp3) is 0.0625. The number of oxazole rings is 1. The van der Waals surface area contributed by atoms with Crippen LogP contribution in [0, 0.1) is 0 Å². The first-order chi connectivity index (χ1) is 9.76. The molecule has 0 atom stereocenters. The number of aromatic nitrogens is 1. The lowest BCUT2D eigenvalue weighted by Crippen LogP contribution is -1.78. The van der Waals surface area contributed by atoms with Gasteiger partial charge in [-0.1, -0.05) is 35.9 Å². The Hall–Kier alpha value is -1.71. The van der Waals surface area contributed by atoms with E-state index in [0.29, 0.717) is 10.9 Å². The third kappa shape index (κ3) is 2.74. The van der Waals surface area contributed by atoms with Gasteiger partial charge in [-0.25, -0.2) is 4.98 Å². The van der Waals surface area contributed by atoms with Gasteiger partial charge in [0.2, 0.25) is 5.89 Å². The Labute approximate surface area is 126 Å². The van der Waals surface area contributed by atoms with Gasteiger partial charge in [-0.2, -0.15) is 0 Å². The molecule has 4 heteroatoms. The molecule has 0 amide bonds. The summed E-state index contributed by atoms with van der Waals surface area (Å²) < 4.78 is 5.63. The maximum atomic E-state index is 6.29. The normalized spacial score (nSPS) is 12.0.